The van der Waals surface area contributed by atoms with Gasteiger partial charge in [0.2, 0.25) is 0 Å². The molecule has 110 valence electrons. The third kappa shape index (κ3) is 4.49. The Morgan fingerprint density at radius 2 is 1.85 bits per heavy atom. The number of hydrogen-bond donors (Lipinski definition) is 0. The molecule has 1 aromatic rings. The van der Waals surface area contributed by atoms with E-state index in [4.69, 9.17) is 4.74 Å². The van der Waals surface area contributed by atoms with Crippen molar-refractivity contribution in [3.63, 3.8) is 0 Å². The number of benzene rings is 1. The molecule has 0 saturated heterocycles. The van der Waals surface area contributed by atoms with Crippen molar-refractivity contribution in [2.75, 3.05) is 6.61 Å². The second kappa shape index (κ2) is 8.26. The lowest BCUT2D eigenvalue weighted by Crippen LogP contribution is -2.13. The molecule has 0 N–H and O–H groups in total. The Bertz CT molecular complexity index is 385. The van der Waals surface area contributed by atoms with E-state index in [9.17, 15) is 0 Å². The molecule has 2 rings (SSSR count). The maximum Gasteiger partial charge on any atom is 0.0721 e. The number of ether oxygens (including phenoxy) is 1. The molecule has 0 heterocycles. The van der Waals surface area contributed by atoms with Crippen LogP contribution in [-0.2, 0) is 11.3 Å². The molecule has 1 heteroatoms. The molecule has 20 heavy (non-hydrogen) atoms. The third-order valence-corrected chi connectivity index (χ3v) is 4.50. The summed E-state index contributed by atoms with van der Waals surface area (Å²) < 4.78 is 5.48. The summed E-state index contributed by atoms with van der Waals surface area (Å²) in [7, 11) is 0. The Hall–Kier alpha value is -1.08. The van der Waals surface area contributed by atoms with Crippen molar-refractivity contribution in [3.8, 4) is 0 Å². The summed E-state index contributed by atoms with van der Waals surface area (Å²) in [4.78, 5) is 0. The quantitative estimate of drug-likeness (QED) is 0.473. The van der Waals surface area contributed by atoms with Crippen LogP contribution in [0.25, 0.3) is 0 Å². The lowest BCUT2D eigenvalue weighted by Gasteiger charge is -2.28. The number of hydrogen-bond acceptors (Lipinski definition) is 1. The van der Waals surface area contributed by atoms with E-state index in [-0.39, 0.29) is 0 Å². The minimum atomic E-state index is 0.628. The van der Waals surface area contributed by atoms with Gasteiger partial charge in [-0.1, -0.05) is 50.1 Å². The van der Waals surface area contributed by atoms with Crippen molar-refractivity contribution in [3.05, 3.63) is 48.0 Å². The predicted molar refractivity (Wildman–Crippen MR) is 85.9 cm³/mol. The molecule has 1 nitrogen and oxygen atoms in total. The maximum atomic E-state index is 5.48. The minimum absolute atomic E-state index is 0.628. The summed E-state index contributed by atoms with van der Waals surface area (Å²) in [6.07, 6.45) is 10.1. The van der Waals surface area contributed by atoms with Crippen LogP contribution in [0.4, 0.5) is 0 Å². The van der Waals surface area contributed by atoms with Crippen LogP contribution in [0.15, 0.2) is 36.9 Å². The van der Waals surface area contributed by atoms with E-state index >= 15 is 0 Å². The molecule has 1 fully saturated rings. The van der Waals surface area contributed by atoms with Gasteiger partial charge in [0.1, 0.15) is 0 Å². The van der Waals surface area contributed by atoms with Gasteiger partial charge in [-0.25, -0.2) is 0 Å². The van der Waals surface area contributed by atoms with Gasteiger partial charge in [-0.15, -0.1) is 6.58 Å². The van der Waals surface area contributed by atoms with Gasteiger partial charge in [-0.2, -0.15) is 0 Å². The van der Waals surface area contributed by atoms with Crippen LogP contribution in [-0.4, -0.2) is 6.61 Å². The van der Waals surface area contributed by atoms with Crippen molar-refractivity contribution in [2.45, 2.75) is 58.0 Å². The summed E-state index contributed by atoms with van der Waals surface area (Å²) in [5.74, 6) is 1.77. The highest BCUT2D eigenvalue weighted by Gasteiger charge is 2.21. The van der Waals surface area contributed by atoms with E-state index in [1.54, 1.807) is 6.08 Å². The van der Waals surface area contributed by atoms with E-state index in [1.807, 2.05) is 0 Å². The van der Waals surface area contributed by atoms with Crippen LogP contribution < -0.4 is 0 Å². The highest BCUT2D eigenvalue weighted by Crippen LogP contribution is 2.37. The second-order valence-corrected chi connectivity index (χ2v) is 6.05. The second-order valence-electron chi connectivity index (χ2n) is 6.05. The van der Waals surface area contributed by atoms with Crippen LogP contribution in [0.1, 0.15) is 62.5 Å². The van der Waals surface area contributed by atoms with E-state index < -0.39 is 0 Å². The fraction of sp³-hybridized carbons (Fsp3) is 0.579. The Labute approximate surface area is 124 Å². The fourth-order valence-electron chi connectivity index (χ4n) is 3.34. The van der Waals surface area contributed by atoms with Gasteiger partial charge < -0.3 is 4.74 Å². The van der Waals surface area contributed by atoms with Crippen LogP contribution in [0, 0.1) is 5.92 Å². The van der Waals surface area contributed by atoms with Gasteiger partial charge in [0.25, 0.3) is 0 Å². The zero-order chi connectivity index (χ0) is 14.2. The average Bonchev–Trinajstić information content (AvgIpc) is 2.49. The van der Waals surface area contributed by atoms with Crippen LogP contribution in [0.5, 0.6) is 0 Å². The summed E-state index contributed by atoms with van der Waals surface area (Å²) in [5.41, 5.74) is 2.78. The van der Waals surface area contributed by atoms with Crippen molar-refractivity contribution < 1.29 is 4.74 Å². The van der Waals surface area contributed by atoms with Gasteiger partial charge in [-0.3, -0.25) is 0 Å². The largest absolute Gasteiger partial charge is 0.373 e. The monoisotopic (exact) mass is 272 g/mol. The lowest BCUT2D eigenvalue weighted by atomic mass is 9.77. The molecular weight excluding hydrogens is 244 g/mol. The topological polar surface area (TPSA) is 9.23 Å². The van der Waals surface area contributed by atoms with E-state index in [0.29, 0.717) is 13.2 Å². The molecule has 0 amide bonds. The molecule has 1 aliphatic rings. The smallest absolute Gasteiger partial charge is 0.0721 e. The Morgan fingerprint density at radius 1 is 1.15 bits per heavy atom. The SMILES string of the molecule is C=CCOCc1ccc([C@H]2CC[C@H](CCC)CC2)cc1. The van der Waals surface area contributed by atoms with E-state index in [1.165, 1.54) is 49.7 Å². The first-order valence-electron chi connectivity index (χ1n) is 8.11. The Balaban J connectivity index is 1.83. The van der Waals surface area contributed by atoms with E-state index in [2.05, 4.69) is 37.8 Å². The van der Waals surface area contributed by atoms with Gasteiger partial charge in [-0.05, 0) is 48.6 Å². The van der Waals surface area contributed by atoms with Crippen LogP contribution in [0.2, 0.25) is 0 Å². The highest BCUT2D eigenvalue weighted by molar-refractivity contribution is 5.25. The molecule has 1 aliphatic carbocycles. The Morgan fingerprint density at radius 3 is 2.45 bits per heavy atom. The normalized spacial score (nSPS) is 22.6. The van der Waals surface area contributed by atoms with Gasteiger partial charge in [0, 0.05) is 0 Å². The summed E-state index contributed by atoms with van der Waals surface area (Å²) in [5, 5.41) is 0. The number of rotatable bonds is 7. The van der Waals surface area contributed by atoms with Crippen molar-refractivity contribution >= 4 is 0 Å². The fourth-order valence-corrected chi connectivity index (χ4v) is 3.34. The minimum Gasteiger partial charge on any atom is -0.373 e. The summed E-state index contributed by atoms with van der Waals surface area (Å²) in [6, 6.07) is 9.04. The summed E-state index contributed by atoms with van der Waals surface area (Å²) >= 11 is 0. The zero-order valence-corrected chi connectivity index (χ0v) is 12.8. The molecular formula is C19H28O. The van der Waals surface area contributed by atoms with Crippen molar-refractivity contribution in [1.29, 1.82) is 0 Å². The molecule has 0 unspecified atom stereocenters. The van der Waals surface area contributed by atoms with Gasteiger partial charge in [0.05, 0.1) is 13.2 Å². The Kier molecular flexibility index (Phi) is 6.32. The molecule has 0 atom stereocenters. The first-order valence-corrected chi connectivity index (χ1v) is 8.11. The molecule has 0 spiro atoms. The average molecular weight is 272 g/mol. The standard InChI is InChI=1S/C19H28O/c1-3-5-16-6-10-18(11-7-16)19-12-8-17(9-13-19)15-20-14-4-2/h4,8-9,12-13,16,18H,2-3,5-7,10-11,14-15H2,1H3/t16-,18-. The van der Waals surface area contributed by atoms with Crippen molar-refractivity contribution in [1.82, 2.24) is 0 Å². The zero-order valence-electron chi connectivity index (χ0n) is 12.8. The third-order valence-electron chi connectivity index (χ3n) is 4.50. The first kappa shape index (κ1) is 15.3. The molecule has 1 aromatic carbocycles. The predicted octanol–water partition coefficient (Wildman–Crippen LogP) is 5.46. The van der Waals surface area contributed by atoms with Crippen LogP contribution >= 0.6 is 0 Å². The maximum absolute atomic E-state index is 5.48. The van der Waals surface area contributed by atoms with Gasteiger partial charge in [0.15, 0.2) is 0 Å². The lowest BCUT2D eigenvalue weighted by molar-refractivity contribution is 0.149. The molecule has 0 radical (unpaired) electrons. The van der Waals surface area contributed by atoms with Crippen LogP contribution in [0.3, 0.4) is 0 Å². The first-order chi connectivity index (χ1) is 9.83. The summed E-state index contributed by atoms with van der Waals surface area (Å²) in [6.45, 7) is 7.28. The van der Waals surface area contributed by atoms with E-state index in [0.717, 1.165) is 11.8 Å². The molecule has 1 saturated carbocycles. The highest BCUT2D eigenvalue weighted by atomic mass is 16.5. The van der Waals surface area contributed by atoms with Crippen molar-refractivity contribution in [2.24, 2.45) is 5.92 Å². The van der Waals surface area contributed by atoms with Gasteiger partial charge >= 0.3 is 0 Å². The molecule has 0 bridgehead atoms. The molecule has 0 aromatic heterocycles. The molecule has 0 aliphatic heterocycles.